The number of carbonyl (C=O) groups excluding carboxylic acids is 1. The topological polar surface area (TPSA) is 61.4 Å². The summed E-state index contributed by atoms with van der Waals surface area (Å²) in [5.41, 5.74) is 2.98. The first-order valence-corrected chi connectivity index (χ1v) is 5.82. The molecule has 0 spiro atoms. The highest BCUT2D eigenvalue weighted by Crippen LogP contribution is 2.15. The van der Waals surface area contributed by atoms with Gasteiger partial charge in [-0.2, -0.15) is 0 Å². The number of urea groups is 1. The van der Waals surface area contributed by atoms with E-state index in [9.17, 15) is 4.79 Å². The highest BCUT2D eigenvalue weighted by Gasteiger charge is 2.09. The molecule has 17 heavy (non-hydrogen) atoms. The molecule has 1 aromatic rings. The van der Waals surface area contributed by atoms with Crippen LogP contribution in [0.3, 0.4) is 0 Å². The molecule has 4 nitrogen and oxygen atoms in total. The summed E-state index contributed by atoms with van der Waals surface area (Å²) >= 11 is 0. The Morgan fingerprint density at radius 2 is 2.12 bits per heavy atom. The number of carbonyl (C=O) groups is 1. The van der Waals surface area contributed by atoms with Crippen LogP contribution in [0.25, 0.3) is 0 Å². The molecule has 0 aromatic heterocycles. The lowest BCUT2D eigenvalue weighted by Gasteiger charge is -2.15. The van der Waals surface area contributed by atoms with Gasteiger partial charge >= 0.3 is 6.03 Å². The first-order chi connectivity index (χ1) is 8.06. The van der Waals surface area contributed by atoms with E-state index >= 15 is 0 Å². The summed E-state index contributed by atoms with van der Waals surface area (Å²) < 4.78 is 0. The van der Waals surface area contributed by atoms with Crippen LogP contribution in [-0.2, 0) is 0 Å². The molecule has 0 aliphatic rings. The monoisotopic (exact) mass is 236 g/mol. The van der Waals surface area contributed by atoms with Crippen LogP contribution >= 0.6 is 0 Å². The Kier molecular flexibility index (Phi) is 4.97. The number of aliphatic hydroxyl groups is 1. The van der Waals surface area contributed by atoms with E-state index in [4.69, 9.17) is 5.11 Å². The average molecular weight is 236 g/mol. The van der Waals surface area contributed by atoms with Gasteiger partial charge in [-0.25, -0.2) is 4.79 Å². The lowest BCUT2D eigenvalue weighted by Crippen LogP contribution is -2.39. The predicted octanol–water partition coefficient (Wildman–Crippen LogP) is 2.20. The van der Waals surface area contributed by atoms with Crippen LogP contribution in [-0.4, -0.2) is 23.8 Å². The van der Waals surface area contributed by atoms with Gasteiger partial charge in [-0.1, -0.05) is 24.6 Å². The number of nitrogens with one attached hydrogen (secondary N) is 2. The van der Waals surface area contributed by atoms with Crippen molar-refractivity contribution in [2.45, 2.75) is 33.2 Å². The molecule has 94 valence electrons. The van der Waals surface area contributed by atoms with E-state index in [0.717, 1.165) is 16.8 Å². The second kappa shape index (κ2) is 6.25. The van der Waals surface area contributed by atoms with Crippen molar-refractivity contribution < 1.29 is 9.90 Å². The molecule has 0 aliphatic heterocycles. The fourth-order valence-electron chi connectivity index (χ4n) is 1.57. The second-order valence-corrected chi connectivity index (χ2v) is 4.20. The lowest BCUT2D eigenvalue weighted by atomic mass is 10.1. The van der Waals surface area contributed by atoms with Gasteiger partial charge in [0.25, 0.3) is 0 Å². The summed E-state index contributed by atoms with van der Waals surface area (Å²) in [4.78, 5) is 11.6. The Hall–Kier alpha value is -1.55. The maximum absolute atomic E-state index is 11.6. The summed E-state index contributed by atoms with van der Waals surface area (Å²) in [6.45, 7) is 5.83. The third-order valence-electron chi connectivity index (χ3n) is 2.68. The summed E-state index contributed by atoms with van der Waals surface area (Å²) in [7, 11) is 0. The molecule has 1 unspecified atom stereocenters. The Morgan fingerprint density at radius 3 is 2.65 bits per heavy atom. The van der Waals surface area contributed by atoms with Crippen molar-refractivity contribution in [3.05, 3.63) is 29.3 Å². The number of anilines is 1. The van der Waals surface area contributed by atoms with Gasteiger partial charge < -0.3 is 15.7 Å². The van der Waals surface area contributed by atoms with E-state index in [1.807, 2.05) is 39.0 Å². The molecule has 0 saturated carbocycles. The van der Waals surface area contributed by atoms with Crippen molar-refractivity contribution in [3.8, 4) is 0 Å². The standard InChI is InChI=1S/C13H20N2O2/c1-4-11(8-16)14-13(17)15-12-6-5-9(2)7-10(12)3/h5-7,11,16H,4,8H2,1-3H3,(H2,14,15,17). The molecule has 0 heterocycles. The largest absolute Gasteiger partial charge is 0.394 e. The third-order valence-corrected chi connectivity index (χ3v) is 2.68. The molecule has 0 radical (unpaired) electrons. The number of hydrogen-bond donors (Lipinski definition) is 3. The molecule has 1 atom stereocenters. The number of rotatable bonds is 4. The fourth-order valence-corrected chi connectivity index (χ4v) is 1.57. The number of aryl methyl sites for hydroxylation is 2. The van der Waals surface area contributed by atoms with Gasteiger partial charge in [-0.3, -0.25) is 0 Å². The van der Waals surface area contributed by atoms with Crippen molar-refractivity contribution in [2.24, 2.45) is 0 Å². The minimum absolute atomic E-state index is 0.0448. The van der Waals surface area contributed by atoms with Crippen molar-refractivity contribution in [1.29, 1.82) is 0 Å². The zero-order valence-corrected chi connectivity index (χ0v) is 10.6. The van der Waals surface area contributed by atoms with Gasteiger partial charge in [0.15, 0.2) is 0 Å². The molecule has 1 rings (SSSR count). The van der Waals surface area contributed by atoms with E-state index in [0.29, 0.717) is 6.42 Å². The number of amides is 2. The molecule has 0 fully saturated rings. The SMILES string of the molecule is CCC(CO)NC(=O)Nc1ccc(C)cc1C. The van der Waals surface area contributed by atoms with Crippen LogP contribution in [0, 0.1) is 13.8 Å². The van der Waals surface area contributed by atoms with Crippen LogP contribution in [0.4, 0.5) is 10.5 Å². The Morgan fingerprint density at radius 1 is 1.41 bits per heavy atom. The van der Waals surface area contributed by atoms with E-state index < -0.39 is 0 Å². The molecule has 0 bridgehead atoms. The molecular formula is C13H20N2O2. The average Bonchev–Trinajstić information content (AvgIpc) is 2.29. The van der Waals surface area contributed by atoms with Gasteiger partial charge in [0, 0.05) is 5.69 Å². The van der Waals surface area contributed by atoms with Crippen LogP contribution in [0.1, 0.15) is 24.5 Å². The van der Waals surface area contributed by atoms with Crippen LogP contribution in [0.15, 0.2) is 18.2 Å². The van der Waals surface area contributed by atoms with Crippen molar-refractivity contribution in [2.75, 3.05) is 11.9 Å². The first-order valence-electron chi connectivity index (χ1n) is 5.82. The van der Waals surface area contributed by atoms with Crippen molar-refractivity contribution >= 4 is 11.7 Å². The quantitative estimate of drug-likeness (QED) is 0.750. The minimum Gasteiger partial charge on any atom is -0.394 e. The van der Waals surface area contributed by atoms with Crippen LogP contribution in [0.2, 0.25) is 0 Å². The maximum atomic E-state index is 11.6. The summed E-state index contributed by atoms with van der Waals surface area (Å²) in [5, 5.41) is 14.5. The normalized spacial score (nSPS) is 12.0. The maximum Gasteiger partial charge on any atom is 0.319 e. The Bertz CT molecular complexity index is 387. The minimum atomic E-state index is -0.280. The summed E-state index contributed by atoms with van der Waals surface area (Å²) in [6.07, 6.45) is 0.705. The summed E-state index contributed by atoms with van der Waals surface area (Å²) in [5.74, 6) is 0. The van der Waals surface area contributed by atoms with E-state index in [1.165, 1.54) is 0 Å². The van der Waals surface area contributed by atoms with Gasteiger partial charge in [-0.15, -0.1) is 0 Å². The molecule has 1 aromatic carbocycles. The Balaban J connectivity index is 2.62. The molecule has 3 N–H and O–H groups in total. The smallest absolute Gasteiger partial charge is 0.319 e. The fraction of sp³-hybridized carbons (Fsp3) is 0.462. The van der Waals surface area contributed by atoms with Gasteiger partial charge in [-0.05, 0) is 31.9 Å². The van der Waals surface area contributed by atoms with Crippen molar-refractivity contribution in [3.63, 3.8) is 0 Å². The molecule has 4 heteroatoms. The van der Waals surface area contributed by atoms with Crippen LogP contribution < -0.4 is 10.6 Å². The molecular weight excluding hydrogens is 216 g/mol. The van der Waals surface area contributed by atoms with Gasteiger partial charge in [0.05, 0.1) is 12.6 Å². The second-order valence-electron chi connectivity index (χ2n) is 4.20. The third kappa shape index (κ3) is 4.07. The zero-order valence-electron chi connectivity index (χ0n) is 10.6. The van der Waals surface area contributed by atoms with Gasteiger partial charge in [0.2, 0.25) is 0 Å². The van der Waals surface area contributed by atoms with E-state index in [1.54, 1.807) is 0 Å². The zero-order chi connectivity index (χ0) is 12.8. The highest BCUT2D eigenvalue weighted by atomic mass is 16.3. The number of aliphatic hydroxyl groups excluding tert-OH is 1. The van der Waals surface area contributed by atoms with Crippen LogP contribution in [0.5, 0.6) is 0 Å². The molecule has 0 saturated heterocycles. The molecule has 0 aliphatic carbocycles. The van der Waals surface area contributed by atoms with E-state index in [2.05, 4.69) is 10.6 Å². The predicted molar refractivity (Wildman–Crippen MR) is 69.2 cm³/mol. The lowest BCUT2D eigenvalue weighted by molar-refractivity contribution is 0.222. The number of hydrogen-bond acceptors (Lipinski definition) is 2. The van der Waals surface area contributed by atoms with E-state index in [-0.39, 0.29) is 18.7 Å². The number of benzene rings is 1. The van der Waals surface area contributed by atoms with Crippen molar-refractivity contribution in [1.82, 2.24) is 5.32 Å². The Labute approximate surface area is 102 Å². The molecule has 2 amide bonds. The first kappa shape index (κ1) is 13.5. The van der Waals surface area contributed by atoms with Gasteiger partial charge in [0.1, 0.15) is 0 Å². The highest BCUT2D eigenvalue weighted by molar-refractivity contribution is 5.90. The summed E-state index contributed by atoms with van der Waals surface area (Å²) in [6, 6.07) is 5.37.